The molecule has 0 saturated carbocycles. The minimum atomic E-state index is -0.214. The molecule has 1 aromatic heterocycles. The Kier molecular flexibility index (Phi) is 4.58. The van der Waals surface area contributed by atoms with E-state index in [1.807, 2.05) is 13.1 Å². The molecular formula is C15H19FN2O. The lowest BCUT2D eigenvalue weighted by Crippen LogP contribution is -2.21. The van der Waals surface area contributed by atoms with E-state index in [9.17, 15) is 4.39 Å². The zero-order valence-electron chi connectivity index (χ0n) is 11.3. The van der Waals surface area contributed by atoms with Gasteiger partial charge in [0.1, 0.15) is 11.6 Å². The largest absolute Gasteiger partial charge is 0.467 e. The van der Waals surface area contributed by atoms with Crippen LogP contribution in [0.3, 0.4) is 0 Å². The fourth-order valence-electron chi connectivity index (χ4n) is 2.03. The van der Waals surface area contributed by atoms with Gasteiger partial charge in [-0.25, -0.2) is 4.39 Å². The van der Waals surface area contributed by atoms with E-state index in [1.54, 1.807) is 18.4 Å². The summed E-state index contributed by atoms with van der Waals surface area (Å²) in [5.41, 5.74) is 2.13. The van der Waals surface area contributed by atoms with Crippen molar-refractivity contribution >= 4 is 5.69 Å². The number of nitrogens with zero attached hydrogens (tertiary/aromatic N) is 1. The molecule has 4 heteroatoms. The Bertz CT molecular complexity index is 507. The number of anilines is 1. The highest BCUT2D eigenvalue weighted by Crippen LogP contribution is 2.18. The first kappa shape index (κ1) is 13.6. The molecule has 0 atom stereocenters. The Labute approximate surface area is 113 Å². The number of halogens is 1. The monoisotopic (exact) mass is 262 g/mol. The van der Waals surface area contributed by atoms with Crippen molar-refractivity contribution in [1.82, 2.24) is 5.32 Å². The second-order valence-electron chi connectivity index (χ2n) is 4.44. The predicted octanol–water partition coefficient (Wildman–Crippen LogP) is 3.16. The van der Waals surface area contributed by atoms with Gasteiger partial charge in [0, 0.05) is 24.3 Å². The van der Waals surface area contributed by atoms with E-state index in [-0.39, 0.29) is 5.82 Å². The number of rotatable bonds is 6. The summed E-state index contributed by atoms with van der Waals surface area (Å²) in [6.07, 6.45) is 1.77. The maximum absolute atomic E-state index is 12.9. The molecule has 0 aliphatic rings. The molecule has 0 radical (unpaired) electrons. The lowest BCUT2D eigenvalue weighted by Gasteiger charge is -2.21. The van der Waals surface area contributed by atoms with E-state index in [0.29, 0.717) is 6.54 Å². The molecule has 0 spiro atoms. The lowest BCUT2D eigenvalue weighted by molar-refractivity contribution is 0.501. The van der Waals surface area contributed by atoms with Crippen LogP contribution < -0.4 is 10.2 Å². The molecule has 3 nitrogen and oxygen atoms in total. The van der Waals surface area contributed by atoms with Crippen molar-refractivity contribution in [2.45, 2.75) is 20.0 Å². The van der Waals surface area contributed by atoms with Gasteiger partial charge in [0.05, 0.1) is 12.8 Å². The van der Waals surface area contributed by atoms with Gasteiger partial charge < -0.3 is 14.6 Å². The first-order valence-corrected chi connectivity index (χ1v) is 6.44. The summed E-state index contributed by atoms with van der Waals surface area (Å²) in [6.45, 7) is 4.40. The Morgan fingerprint density at radius 2 is 2.00 bits per heavy atom. The topological polar surface area (TPSA) is 28.4 Å². The van der Waals surface area contributed by atoms with Gasteiger partial charge in [-0.2, -0.15) is 0 Å². The molecule has 0 saturated heterocycles. The third-order valence-electron chi connectivity index (χ3n) is 3.01. The highest BCUT2D eigenvalue weighted by atomic mass is 19.1. The van der Waals surface area contributed by atoms with Crippen molar-refractivity contribution < 1.29 is 8.81 Å². The Balaban J connectivity index is 2.07. The molecule has 2 aromatic rings. The van der Waals surface area contributed by atoms with Crippen molar-refractivity contribution in [3.63, 3.8) is 0 Å². The summed E-state index contributed by atoms with van der Waals surface area (Å²) in [5.74, 6) is 0.700. The van der Waals surface area contributed by atoms with Crippen LogP contribution in [0.25, 0.3) is 0 Å². The van der Waals surface area contributed by atoms with Crippen LogP contribution in [-0.2, 0) is 13.1 Å². The van der Waals surface area contributed by atoms with Crippen LogP contribution in [0.5, 0.6) is 0 Å². The van der Waals surface area contributed by atoms with Gasteiger partial charge in [-0.05, 0) is 44.3 Å². The normalized spacial score (nSPS) is 10.7. The molecule has 2 rings (SSSR count). The summed E-state index contributed by atoms with van der Waals surface area (Å²) < 4.78 is 18.5. The molecule has 0 unspecified atom stereocenters. The van der Waals surface area contributed by atoms with E-state index in [2.05, 4.69) is 17.1 Å². The molecule has 19 heavy (non-hydrogen) atoms. The average Bonchev–Trinajstić information content (AvgIpc) is 2.85. The highest BCUT2D eigenvalue weighted by molar-refractivity contribution is 5.46. The maximum atomic E-state index is 12.9. The smallest absolute Gasteiger partial charge is 0.123 e. The van der Waals surface area contributed by atoms with E-state index in [1.165, 1.54) is 12.1 Å². The van der Waals surface area contributed by atoms with Crippen molar-refractivity contribution in [3.8, 4) is 0 Å². The van der Waals surface area contributed by atoms with Crippen molar-refractivity contribution in [2.75, 3.05) is 18.5 Å². The molecule has 0 aliphatic heterocycles. The van der Waals surface area contributed by atoms with Crippen LogP contribution in [0.2, 0.25) is 0 Å². The second-order valence-corrected chi connectivity index (χ2v) is 4.44. The summed E-state index contributed by atoms with van der Waals surface area (Å²) in [4.78, 5) is 2.14. The molecule has 1 aromatic carbocycles. The second kappa shape index (κ2) is 6.38. The summed E-state index contributed by atoms with van der Waals surface area (Å²) in [5, 5.41) is 3.09. The van der Waals surface area contributed by atoms with Crippen molar-refractivity contribution in [1.29, 1.82) is 0 Å². The fraction of sp³-hybridized carbons (Fsp3) is 0.333. The maximum Gasteiger partial charge on any atom is 0.123 e. The molecule has 1 heterocycles. The number of furan rings is 1. The van der Waals surface area contributed by atoms with Gasteiger partial charge in [0.25, 0.3) is 0 Å². The van der Waals surface area contributed by atoms with Gasteiger partial charge in [0.2, 0.25) is 0 Å². The molecule has 0 aliphatic carbocycles. The van der Waals surface area contributed by atoms with E-state index in [4.69, 9.17) is 4.42 Å². The van der Waals surface area contributed by atoms with Crippen molar-refractivity contribution in [3.05, 3.63) is 53.7 Å². The predicted molar refractivity (Wildman–Crippen MR) is 74.6 cm³/mol. The Hall–Kier alpha value is -1.81. The first-order valence-electron chi connectivity index (χ1n) is 6.44. The molecular weight excluding hydrogens is 243 g/mol. The third kappa shape index (κ3) is 3.58. The SMILES string of the molecule is CCN(Cc1cc(CNC)co1)c1ccc(F)cc1. The van der Waals surface area contributed by atoms with Crippen molar-refractivity contribution in [2.24, 2.45) is 0 Å². The summed E-state index contributed by atoms with van der Waals surface area (Å²) in [6, 6.07) is 8.58. The third-order valence-corrected chi connectivity index (χ3v) is 3.01. The average molecular weight is 262 g/mol. The number of hydrogen-bond donors (Lipinski definition) is 1. The van der Waals surface area contributed by atoms with Gasteiger partial charge >= 0.3 is 0 Å². The van der Waals surface area contributed by atoms with Crippen LogP contribution in [0.15, 0.2) is 41.0 Å². The van der Waals surface area contributed by atoms with Crippen LogP contribution in [0, 0.1) is 5.82 Å². The Morgan fingerprint density at radius 1 is 1.26 bits per heavy atom. The zero-order valence-corrected chi connectivity index (χ0v) is 11.3. The van der Waals surface area contributed by atoms with Gasteiger partial charge in [-0.1, -0.05) is 0 Å². The highest BCUT2D eigenvalue weighted by Gasteiger charge is 2.08. The minimum absolute atomic E-state index is 0.214. The minimum Gasteiger partial charge on any atom is -0.467 e. The number of nitrogens with one attached hydrogen (secondary N) is 1. The molecule has 102 valence electrons. The zero-order chi connectivity index (χ0) is 13.7. The van der Waals surface area contributed by atoms with Crippen LogP contribution in [0.4, 0.5) is 10.1 Å². The molecule has 0 fully saturated rings. The van der Waals surface area contributed by atoms with Crippen LogP contribution in [-0.4, -0.2) is 13.6 Å². The standard InChI is InChI=1S/C15H19FN2O/c1-3-18(14-6-4-13(16)5-7-14)10-15-8-12(9-17-2)11-19-15/h4-8,11,17H,3,9-10H2,1-2H3. The Morgan fingerprint density at radius 3 is 2.63 bits per heavy atom. The number of hydrogen-bond acceptors (Lipinski definition) is 3. The fourth-order valence-corrected chi connectivity index (χ4v) is 2.03. The molecule has 0 bridgehead atoms. The van der Waals surface area contributed by atoms with Gasteiger partial charge in [-0.3, -0.25) is 0 Å². The number of benzene rings is 1. The molecule has 0 amide bonds. The van der Waals surface area contributed by atoms with E-state index >= 15 is 0 Å². The van der Waals surface area contributed by atoms with Crippen LogP contribution in [0.1, 0.15) is 18.2 Å². The van der Waals surface area contributed by atoms with E-state index < -0.39 is 0 Å². The first-order chi connectivity index (χ1) is 9.22. The lowest BCUT2D eigenvalue weighted by atomic mass is 10.2. The van der Waals surface area contributed by atoms with E-state index in [0.717, 1.165) is 30.1 Å². The quantitative estimate of drug-likeness (QED) is 0.866. The van der Waals surface area contributed by atoms with Gasteiger partial charge in [0.15, 0.2) is 0 Å². The van der Waals surface area contributed by atoms with Crippen LogP contribution >= 0.6 is 0 Å². The summed E-state index contributed by atoms with van der Waals surface area (Å²) >= 11 is 0. The van der Waals surface area contributed by atoms with Gasteiger partial charge in [-0.15, -0.1) is 0 Å². The summed E-state index contributed by atoms with van der Waals surface area (Å²) in [7, 11) is 1.91. The molecule has 1 N–H and O–H groups in total.